The minimum absolute atomic E-state index is 0.00752. The van der Waals surface area contributed by atoms with Crippen molar-refractivity contribution in [1.82, 2.24) is 20.4 Å². The van der Waals surface area contributed by atoms with Crippen LogP contribution in [0.4, 0.5) is 4.39 Å². The SMILES string of the molecule is CNCCOCCOCCOCCN1CCN(CCOCC(F)CNC(C)=O)CC1. The highest BCUT2D eigenvalue weighted by molar-refractivity contribution is 5.72. The summed E-state index contributed by atoms with van der Waals surface area (Å²) >= 11 is 0. The maximum absolute atomic E-state index is 13.5. The molecule has 1 amide bonds. The Hall–Kier alpha value is -0.880. The van der Waals surface area contributed by atoms with E-state index in [1.54, 1.807) is 0 Å². The van der Waals surface area contributed by atoms with Gasteiger partial charge in [-0.1, -0.05) is 0 Å². The molecule has 0 aromatic heterocycles. The van der Waals surface area contributed by atoms with Crippen molar-refractivity contribution in [1.29, 1.82) is 0 Å². The number of carbonyl (C=O) groups is 1. The van der Waals surface area contributed by atoms with Crippen LogP contribution in [0.1, 0.15) is 6.92 Å². The maximum atomic E-state index is 13.5. The molecule has 10 heteroatoms. The van der Waals surface area contributed by atoms with E-state index >= 15 is 0 Å². The number of hydrogen-bond donors (Lipinski definition) is 2. The lowest BCUT2D eigenvalue weighted by Gasteiger charge is -2.34. The van der Waals surface area contributed by atoms with Crippen LogP contribution in [0.2, 0.25) is 0 Å². The van der Waals surface area contributed by atoms with Gasteiger partial charge >= 0.3 is 0 Å². The van der Waals surface area contributed by atoms with E-state index < -0.39 is 6.17 Å². The third-order valence-corrected chi connectivity index (χ3v) is 4.68. The molecule has 0 saturated carbocycles. The van der Waals surface area contributed by atoms with Crippen LogP contribution in [-0.2, 0) is 23.7 Å². The van der Waals surface area contributed by atoms with Crippen molar-refractivity contribution < 1.29 is 28.1 Å². The molecule has 30 heavy (non-hydrogen) atoms. The fourth-order valence-corrected chi connectivity index (χ4v) is 2.86. The summed E-state index contributed by atoms with van der Waals surface area (Å²) in [6.07, 6.45) is -1.16. The Balaban J connectivity index is 1.86. The van der Waals surface area contributed by atoms with Gasteiger partial charge in [0.15, 0.2) is 0 Å². The van der Waals surface area contributed by atoms with E-state index in [1.807, 2.05) is 7.05 Å². The molecule has 1 aliphatic rings. The molecule has 178 valence electrons. The molecule has 1 heterocycles. The number of rotatable bonds is 19. The number of ether oxygens (including phenoxy) is 4. The zero-order chi connectivity index (χ0) is 21.9. The van der Waals surface area contributed by atoms with E-state index in [0.717, 1.165) is 45.8 Å². The molecule has 0 radical (unpaired) electrons. The Labute approximate surface area is 180 Å². The van der Waals surface area contributed by atoms with Crippen LogP contribution in [0, 0.1) is 0 Å². The van der Waals surface area contributed by atoms with Gasteiger partial charge in [-0.15, -0.1) is 0 Å². The predicted octanol–water partition coefficient (Wildman–Crippen LogP) is -0.636. The first-order valence-electron chi connectivity index (χ1n) is 10.9. The summed E-state index contributed by atoms with van der Waals surface area (Å²) in [5.41, 5.74) is 0. The molecule has 0 aromatic carbocycles. The van der Waals surface area contributed by atoms with Crippen LogP contribution >= 0.6 is 0 Å². The maximum Gasteiger partial charge on any atom is 0.216 e. The number of halogens is 1. The molecule has 1 atom stereocenters. The van der Waals surface area contributed by atoms with E-state index in [1.165, 1.54) is 6.92 Å². The van der Waals surface area contributed by atoms with Crippen LogP contribution in [0.25, 0.3) is 0 Å². The molecule has 0 aliphatic carbocycles. The normalized spacial score (nSPS) is 16.6. The van der Waals surface area contributed by atoms with Gasteiger partial charge in [0.2, 0.25) is 5.91 Å². The van der Waals surface area contributed by atoms with E-state index in [-0.39, 0.29) is 19.1 Å². The van der Waals surface area contributed by atoms with Crippen molar-refractivity contribution in [2.75, 3.05) is 112 Å². The van der Waals surface area contributed by atoms with E-state index in [4.69, 9.17) is 18.9 Å². The number of likely N-dealkylation sites (N-methyl/N-ethyl adjacent to an activating group) is 1. The number of piperazine rings is 1. The lowest BCUT2D eigenvalue weighted by Crippen LogP contribution is -2.48. The zero-order valence-corrected chi connectivity index (χ0v) is 18.7. The van der Waals surface area contributed by atoms with Gasteiger partial charge < -0.3 is 29.6 Å². The van der Waals surface area contributed by atoms with E-state index in [9.17, 15) is 9.18 Å². The number of carbonyl (C=O) groups excluding carboxylic acids is 1. The molecule has 0 bridgehead atoms. The van der Waals surface area contributed by atoms with Crippen LogP contribution in [-0.4, -0.2) is 134 Å². The van der Waals surface area contributed by atoms with Gasteiger partial charge in [-0.2, -0.15) is 0 Å². The molecule has 1 saturated heterocycles. The summed E-state index contributed by atoms with van der Waals surface area (Å²) in [7, 11) is 1.90. The summed E-state index contributed by atoms with van der Waals surface area (Å²) in [5.74, 6) is -0.226. The first-order valence-corrected chi connectivity index (χ1v) is 10.9. The van der Waals surface area contributed by atoms with Gasteiger partial charge in [-0.25, -0.2) is 4.39 Å². The van der Waals surface area contributed by atoms with Crippen molar-refractivity contribution in [2.45, 2.75) is 13.1 Å². The fraction of sp³-hybridized carbons (Fsp3) is 0.950. The zero-order valence-electron chi connectivity index (χ0n) is 18.7. The summed E-state index contributed by atoms with van der Waals surface area (Å²) in [5, 5.41) is 5.47. The smallest absolute Gasteiger partial charge is 0.216 e. The second kappa shape index (κ2) is 18.9. The summed E-state index contributed by atoms with van der Waals surface area (Å²) in [6, 6.07) is 0. The Bertz CT molecular complexity index is 415. The molecule has 1 fully saturated rings. The highest BCUT2D eigenvalue weighted by Crippen LogP contribution is 2.01. The van der Waals surface area contributed by atoms with Crippen LogP contribution in [0.3, 0.4) is 0 Å². The van der Waals surface area contributed by atoms with Gasteiger partial charge in [0, 0.05) is 52.7 Å². The summed E-state index contributed by atoms with van der Waals surface area (Å²) in [6.45, 7) is 12.2. The molecule has 1 rings (SSSR count). The Kier molecular flexibility index (Phi) is 17.1. The highest BCUT2D eigenvalue weighted by atomic mass is 19.1. The topological polar surface area (TPSA) is 84.5 Å². The predicted molar refractivity (Wildman–Crippen MR) is 114 cm³/mol. The average molecular weight is 437 g/mol. The van der Waals surface area contributed by atoms with Crippen molar-refractivity contribution in [2.24, 2.45) is 0 Å². The van der Waals surface area contributed by atoms with Gasteiger partial charge in [-0.05, 0) is 7.05 Å². The molecule has 9 nitrogen and oxygen atoms in total. The van der Waals surface area contributed by atoms with Crippen molar-refractivity contribution in [3.8, 4) is 0 Å². The van der Waals surface area contributed by atoms with Crippen molar-refractivity contribution in [3.05, 3.63) is 0 Å². The second-order valence-corrected chi connectivity index (χ2v) is 7.23. The lowest BCUT2D eigenvalue weighted by molar-refractivity contribution is -0.119. The first-order chi connectivity index (χ1) is 14.6. The Morgan fingerprint density at radius 3 is 1.90 bits per heavy atom. The minimum Gasteiger partial charge on any atom is -0.378 e. The van der Waals surface area contributed by atoms with Crippen LogP contribution in [0.15, 0.2) is 0 Å². The second-order valence-electron chi connectivity index (χ2n) is 7.23. The monoisotopic (exact) mass is 436 g/mol. The fourth-order valence-electron chi connectivity index (χ4n) is 2.86. The number of nitrogens with zero attached hydrogens (tertiary/aromatic N) is 2. The third kappa shape index (κ3) is 15.9. The van der Waals surface area contributed by atoms with Crippen LogP contribution < -0.4 is 10.6 Å². The standard InChI is InChI=1S/C20H41FN4O5/c1-19(26)23-17-20(21)18-30-12-9-25-6-4-24(5-7-25)8-11-28-14-16-29-15-13-27-10-3-22-2/h20,22H,3-18H2,1-2H3,(H,23,26). The van der Waals surface area contributed by atoms with E-state index in [2.05, 4.69) is 20.4 Å². The highest BCUT2D eigenvalue weighted by Gasteiger charge is 2.16. The molecular weight excluding hydrogens is 395 g/mol. The van der Waals surface area contributed by atoms with Crippen molar-refractivity contribution >= 4 is 5.91 Å². The Morgan fingerprint density at radius 1 is 0.867 bits per heavy atom. The van der Waals surface area contributed by atoms with Gasteiger partial charge in [0.05, 0.1) is 59.4 Å². The quantitative estimate of drug-likeness (QED) is 0.259. The van der Waals surface area contributed by atoms with Gasteiger partial charge in [0.1, 0.15) is 6.17 Å². The first kappa shape index (κ1) is 27.2. The largest absolute Gasteiger partial charge is 0.378 e. The van der Waals surface area contributed by atoms with Crippen LogP contribution in [0.5, 0.6) is 0 Å². The number of amides is 1. The number of alkyl halides is 1. The molecule has 1 unspecified atom stereocenters. The number of hydrogen-bond acceptors (Lipinski definition) is 8. The number of nitrogens with one attached hydrogen (secondary N) is 2. The summed E-state index contributed by atoms with van der Waals surface area (Å²) in [4.78, 5) is 15.4. The Morgan fingerprint density at radius 2 is 1.37 bits per heavy atom. The minimum atomic E-state index is -1.16. The molecule has 0 spiro atoms. The molecular formula is C20H41FN4O5. The molecule has 2 N–H and O–H groups in total. The van der Waals surface area contributed by atoms with E-state index in [0.29, 0.717) is 46.2 Å². The van der Waals surface area contributed by atoms with Gasteiger partial charge in [0.25, 0.3) is 0 Å². The van der Waals surface area contributed by atoms with Crippen molar-refractivity contribution in [3.63, 3.8) is 0 Å². The summed E-state index contributed by atoms with van der Waals surface area (Å²) < 4.78 is 35.3. The van der Waals surface area contributed by atoms with Gasteiger partial charge in [-0.3, -0.25) is 14.6 Å². The third-order valence-electron chi connectivity index (χ3n) is 4.68. The molecule has 1 aliphatic heterocycles. The average Bonchev–Trinajstić information content (AvgIpc) is 2.74. The lowest BCUT2D eigenvalue weighted by atomic mass is 10.3. The molecule has 0 aromatic rings.